The van der Waals surface area contributed by atoms with Crippen LogP contribution >= 0.6 is 0 Å². The molecule has 0 saturated heterocycles. The molecule has 0 heterocycles. The minimum Gasteiger partial charge on any atom is -1.00 e. The molecule has 33 heavy (non-hydrogen) atoms. The number of halogens is 5. The maximum absolute atomic E-state index is 8.52. The summed E-state index contributed by atoms with van der Waals surface area (Å²) in [7, 11) is -25.8. The molecule has 0 aromatic heterocycles. The Balaban J connectivity index is -0.0000000130. The van der Waals surface area contributed by atoms with Crippen molar-refractivity contribution in [3.63, 3.8) is 0 Å². The van der Waals surface area contributed by atoms with E-state index < -0.39 is 52.0 Å². The maximum Gasteiger partial charge on any atom is 0.0311 e. The van der Waals surface area contributed by atoms with Gasteiger partial charge in [-0.15, -0.1) is 0 Å². The predicted octanol–water partition coefficient (Wildman–Crippen LogP) is -21.7. The van der Waals surface area contributed by atoms with Gasteiger partial charge in [-0.2, -0.15) is 0 Å². The van der Waals surface area contributed by atoms with Crippen LogP contribution in [0.25, 0.3) is 0 Å². The van der Waals surface area contributed by atoms with Crippen molar-refractivity contribution < 1.29 is 205 Å². The molecule has 0 aromatic rings. The first-order valence-corrected chi connectivity index (χ1v) is 10.0. The van der Waals surface area contributed by atoms with Crippen molar-refractivity contribution in [1.29, 1.82) is 0 Å². The Kier molecular flexibility index (Phi) is 92.8. The van der Waals surface area contributed by atoms with Gasteiger partial charge < -0.3 is 108 Å². The molecule has 0 saturated carbocycles. The molecule has 0 spiro atoms. The minimum atomic E-state index is -5.17. The van der Waals surface area contributed by atoms with Crippen molar-refractivity contribution in [1.82, 2.24) is 0 Å². The van der Waals surface area contributed by atoms with Gasteiger partial charge in [-0.1, -0.05) is 0 Å². The molecule has 0 aliphatic rings. The van der Waals surface area contributed by atoms with Gasteiger partial charge in [-0.25, -0.2) is 0 Å². The van der Waals surface area contributed by atoms with Gasteiger partial charge in [-0.05, 0) is 0 Å². The van der Waals surface area contributed by atoms with Crippen LogP contribution in [0.5, 0.6) is 0 Å². The second-order valence-electron chi connectivity index (χ2n) is 2.04. The van der Waals surface area contributed by atoms with Crippen LogP contribution in [-0.2, 0) is 108 Å². The normalized spacial score (nSPS) is 8.79. The monoisotopic (exact) mass is 807 g/mol. The van der Waals surface area contributed by atoms with Gasteiger partial charge in [0.15, 0.2) is 0 Å². The summed E-state index contributed by atoms with van der Waals surface area (Å²) >= 11 is 0. The Labute approximate surface area is 254 Å². The molecule has 0 N–H and O–H groups in total. The molecule has 0 fully saturated rings. The van der Waals surface area contributed by atoms with Crippen LogP contribution in [0.2, 0.25) is 0 Å². The maximum atomic E-state index is 8.52. The Morgan fingerprint density at radius 2 is 0.242 bits per heavy atom. The Bertz CT molecular complexity index is 642. The largest absolute Gasteiger partial charge is 1.00 e. The molecule has 3 radical (unpaired) electrons. The summed E-state index contributed by atoms with van der Waals surface area (Å²) in [5, 5.41) is 0. The molecule has 0 aliphatic heterocycles. The van der Waals surface area contributed by atoms with Gasteiger partial charge >= 0.3 is 0 Å². The van der Waals surface area contributed by atoms with Crippen LogP contribution < -0.4 is 62.0 Å². The van der Waals surface area contributed by atoms with Crippen LogP contribution in [0, 0.1) is 0 Å². The molecule has 0 bridgehead atoms. The molecule has 0 unspecified atom stereocenters. The van der Waals surface area contributed by atoms with Gasteiger partial charge in [0.1, 0.15) is 0 Å². The average Bonchev–Trinajstić information content (AvgIpc) is 1.79. The van der Waals surface area contributed by atoms with E-state index >= 15 is 0 Å². The first kappa shape index (κ1) is 83.5. The van der Waals surface area contributed by atoms with Crippen molar-refractivity contribution in [2.24, 2.45) is 0 Å². The zero-order chi connectivity index (χ0) is 22.5. The summed E-state index contributed by atoms with van der Waals surface area (Å²) < 4.78 is 170. The predicted molar refractivity (Wildman–Crippen MR) is 52.4 cm³/mol. The van der Waals surface area contributed by atoms with E-state index in [1.54, 1.807) is 0 Å². The van der Waals surface area contributed by atoms with Gasteiger partial charge in [0.05, 0.1) is 0 Å². The second-order valence-corrected chi connectivity index (χ2v) is 6.12. The zero-order valence-corrected chi connectivity index (χ0v) is 25.5. The van der Waals surface area contributed by atoms with E-state index in [4.69, 9.17) is 87.6 Å². The topological polar surface area (TPSA) is 401 Å². The number of rotatable bonds is 0. The molecule has 0 rings (SSSR count). The SMILES string of the molecule is O=S(=O)([O-])[O-].O=S(=O)([O-])[O-].O=S(=O)([O-])[O-].O=S(=O)([O-])[O-].O=S(=O)([O-])[O-].[Cl-].[Cl-].[Cl-].[Cl-].[Cl-].[V].[V].[V]. The summed E-state index contributed by atoms with van der Waals surface area (Å²) in [5.41, 5.74) is 0. The van der Waals surface area contributed by atoms with Crippen molar-refractivity contribution in [2.75, 3.05) is 0 Å². The van der Waals surface area contributed by atoms with E-state index in [2.05, 4.69) is 0 Å². The van der Waals surface area contributed by atoms with Crippen LogP contribution in [0.15, 0.2) is 0 Å². The fourth-order valence-electron chi connectivity index (χ4n) is 0. The smallest absolute Gasteiger partial charge is 0.0311 e. The molecule has 0 aromatic carbocycles. The molecule has 215 valence electrons. The molecule has 33 heteroatoms. The Morgan fingerprint density at radius 1 is 0.242 bits per heavy atom. The van der Waals surface area contributed by atoms with E-state index in [-0.39, 0.29) is 118 Å². The molecule has 20 nitrogen and oxygen atoms in total. The van der Waals surface area contributed by atoms with Crippen molar-refractivity contribution >= 4 is 52.0 Å². The van der Waals surface area contributed by atoms with Crippen LogP contribution in [0.1, 0.15) is 0 Å². The van der Waals surface area contributed by atoms with Crippen LogP contribution in [0.3, 0.4) is 0 Å². The first-order chi connectivity index (χ1) is 10.0. The van der Waals surface area contributed by atoms with Crippen LogP contribution in [-0.4, -0.2) is 87.6 Å². The third-order valence-electron chi connectivity index (χ3n) is 0. The summed E-state index contributed by atoms with van der Waals surface area (Å²) in [6.45, 7) is 0. The first-order valence-electron chi connectivity index (χ1n) is 3.33. The summed E-state index contributed by atoms with van der Waals surface area (Å²) in [4.78, 5) is 0. The summed E-state index contributed by atoms with van der Waals surface area (Å²) in [6.07, 6.45) is 0. The summed E-state index contributed by atoms with van der Waals surface area (Å²) in [6, 6.07) is 0. The van der Waals surface area contributed by atoms with Crippen LogP contribution in [0.4, 0.5) is 0 Å². The standard InChI is InChI=1S/5ClH.5H2O4S.3V/c;;;;;5*1-5(2,3)4;;;/h5*1H;5*(H2,1,2,3,4);;;/p-15. The van der Waals surface area contributed by atoms with Crippen molar-refractivity contribution in [3.05, 3.63) is 0 Å². The quantitative estimate of drug-likeness (QED) is 0.162. The summed E-state index contributed by atoms with van der Waals surface area (Å²) in [5.74, 6) is 0. The number of hydrogen-bond acceptors (Lipinski definition) is 20. The van der Waals surface area contributed by atoms with Gasteiger partial charge in [0.2, 0.25) is 0 Å². The zero-order valence-electron chi connectivity index (χ0n) is 13.4. The molecule has 0 amide bonds. The number of hydrogen-bond donors (Lipinski definition) is 0. The van der Waals surface area contributed by atoms with Gasteiger partial charge in [-0.3, -0.25) is 42.1 Å². The third kappa shape index (κ3) is 5620. The van der Waals surface area contributed by atoms with E-state index in [9.17, 15) is 0 Å². The molecular weight excluding hydrogens is 810 g/mol. The van der Waals surface area contributed by atoms with Gasteiger partial charge in [0.25, 0.3) is 0 Å². The Hall–Kier alpha value is 2.55. The van der Waals surface area contributed by atoms with Crippen molar-refractivity contribution in [3.8, 4) is 0 Å². The molecule has 0 aliphatic carbocycles. The van der Waals surface area contributed by atoms with E-state index in [0.29, 0.717) is 0 Å². The van der Waals surface area contributed by atoms with Crippen molar-refractivity contribution in [2.45, 2.75) is 0 Å². The minimum absolute atomic E-state index is 0. The van der Waals surface area contributed by atoms with E-state index in [0.717, 1.165) is 0 Å². The van der Waals surface area contributed by atoms with Gasteiger partial charge in [0, 0.05) is 108 Å². The Morgan fingerprint density at radius 3 is 0.242 bits per heavy atom. The fourth-order valence-corrected chi connectivity index (χ4v) is 0. The fraction of sp³-hybridized carbons (Fsp3) is 0. The van der Waals surface area contributed by atoms with E-state index in [1.807, 2.05) is 0 Å². The average molecular weight is 810 g/mol. The third-order valence-corrected chi connectivity index (χ3v) is 0. The molecular formula is Cl5O20S5V3-15. The molecule has 0 atom stereocenters. The van der Waals surface area contributed by atoms with E-state index in [1.165, 1.54) is 0 Å². The second kappa shape index (κ2) is 36.7.